The van der Waals surface area contributed by atoms with E-state index in [9.17, 15) is 9.18 Å². The minimum absolute atomic E-state index is 0.0290. The lowest BCUT2D eigenvalue weighted by atomic mass is 10.0. The highest BCUT2D eigenvalue weighted by Gasteiger charge is 2.21. The van der Waals surface area contributed by atoms with Crippen LogP contribution in [0.1, 0.15) is 38.8 Å². The van der Waals surface area contributed by atoms with Crippen molar-refractivity contribution in [3.05, 3.63) is 34.6 Å². The Balaban J connectivity index is 2.86. The number of hydrogen-bond donors (Lipinski definition) is 1. The molecule has 0 saturated heterocycles. The summed E-state index contributed by atoms with van der Waals surface area (Å²) < 4.78 is 18.2. The van der Waals surface area contributed by atoms with Gasteiger partial charge in [0, 0.05) is 0 Å². The maximum atomic E-state index is 13.1. The van der Waals surface area contributed by atoms with E-state index < -0.39 is 23.6 Å². The largest absolute Gasteiger partial charge is 0.444 e. The van der Waals surface area contributed by atoms with Crippen molar-refractivity contribution < 1.29 is 13.9 Å². The number of benzene rings is 1. The molecule has 0 saturated carbocycles. The number of halogens is 2. The summed E-state index contributed by atoms with van der Waals surface area (Å²) in [7, 11) is 0. The molecule has 0 aliphatic carbocycles. The molecule has 1 N–H and O–H groups in total. The summed E-state index contributed by atoms with van der Waals surface area (Å²) in [6.45, 7) is 5.21. The van der Waals surface area contributed by atoms with Crippen LogP contribution in [0.2, 0.25) is 5.02 Å². The Morgan fingerprint density at radius 1 is 1.55 bits per heavy atom. The van der Waals surface area contributed by atoms with Crippen molar-refractivity contribution in [1.82, 2.24) is 5.32 Å². The predicted octanol–water partition coefficient (Wildman–Crippen LogP) is 3.96. The van der Waals surface area contributed by atoms with Gasteiger partial charge in [-0.15, -0.1) is 0 Å². The zero-order chi connectivity index (χ0) is 15.3. The van der Waals surface area contributed by atoms with Crippen LogP contribution in [-0.2, 0) is 4.74 Å². The second kappa shape index (κ2) is 6.58. The molecule has 20 heavy (non-hydrogen) atoms. The summed E-state index contributed by atoms with van der Waals surface area (Å²) in [6.07, 6.45) is -0.612. The number of rotatable bonds is 3. The van der Waals surface area contributed by atoms with Crippen LogP contribution in [0.3, 0.4) is 0 Å². The van der Waals surface area contributed by atoms with Gasteiger partial charge in [-0.25, -0.2) is 9.18 Å². The fourth-order valence-corrected chi connectivity index (χ4v) is 1.71. The summed E-state index contributed by atoms with van der Waals surface area (Å²) in [4.78, 5) is 11.7. The van der Waals surface area contributed by atoms with Crippen LogP contribution in [0.5, 0.6) is 0 Å². The fourth-order valence-electron chi connectivity index (χ4n) is 1.52. The lowest BCUT2D eigenvalue weighted by Crippen LogP contribution is -2.34. The number of carbonyl (C=O) groups excluding carboxylic acids is 1. The number of nitrogens with one attached hydrogen (secondary N) is 1. The van der Waals surface area contributed by atoms with Gasteiger partial charge in [0.2, 0.25) is 0 Å². The summed E-state index contributed by atoms with van der Waals surface area (Å²) in [5.41, 5.74) is -0.0920. The number of alkyl carbamates (subject to hydrolysis) is 1. The number of nitriles is 1. The molecule has 0 fully saturated rings. The minimum Gasteiger partial charge on any atom is -0.444 e. The molecular weight excluding hydrogens is 283 g/mol. The average molecular weight is 299 g/mol. The van der Waals surface area contributed by atoms with E-state index in [-0.39, 0.29) is 11.4 Å². The van der Waals surface area contributed by atoms with Gasteiger partial charge in [0.15, 0.2) is 0 Å². The maximum absolute atomic E-state index is 13.1. The van der Waals surface area contributed by atoms with Crippen LogP contribution >= 0.6 is 11.6 Å². The molecule has 0 heterocycles. The van der Waals surface area contributed by atoms with E-state index in [0.717, 1.165) is 0 Å². The van der Waals surface area contributed by atoms with Gasteiger partial charge < -0.3 is 10.1 Å². The first-order valence-electron chi connectivity index (χ1n) is 6.04. The molecule has 1 atom stereocenters. The molecule has 1 amide bonds. The topological polar surface area (TPSA) is 62.1 Å². The van der Waals surface area contributed by atoms with Gasteiger partial charge in [-0.3, -0.25) is 0 Å². The number of amides is 1. The van der Waals surface area contributed by atoms with Crippen molar-refractivity contribution in [3.63, 3.8) is 0 Å². The SMILES string of the molecule is CC(C)(C)OC(=O)N[C@H](CC#N)c1ccc(F)c(Cl)c1. The van der Waals surface area contributed by atoms with Crippen LogP contribution in [-0.4, -0.2) is 11.7 Å². The van der Waals surface area contributed by atoms with Crippen LogP contribution in [0.25, 0.3) is 0 Å². The quantitative estimate of drug-likeness (QED) is 0.918. The first-order valence-corrected chi connectivity index (χ1v) is 6.42. The smallest absolute Gasteiger partial charge is 0.408 e. The normalized spacial score (nSPS) is 12.4. The second-order valence-electron chi connectivity index (χ2n) is 5.23. The predicted molar refractivity (Wildman–Crippen MR) is 73.8 cm³/mol. The van der Waals surface area contributed by atoms with Crippen molar-refractivity contribution in [2.75, 3.05) is 0 Å². The van der Waals surface area contributed by atoms with Gasteiger partial charge in [0.25, 0.3) is 0 Å². The number of ether oxygens (including phenoxy) is 1. The molecule has 0 bridgehead atoms. The van der Waals surface area contributed by atoms with E-state index in [1.165, 1.54) is 18.2 Å². The number of carbonyl (C=O) groups is 1. The summed E-state index contributed by atoms with van der Waals surface area (Å²) >= 11 is 5.70. The van der Waals surface area contributed by atoms with E-state index in [4.69, 9.17) is 21.6 Å². The van der Waals surface area contributed by atoms with Crippen molar-refractivity contribution in [1.29, 1.82) is 5.26 Å². The monoisotopic (exact) mass is 298 g/mol. The summed E-state index contributed by atoms with van der Waals surface area (Å²) in [5.74, 6) is -0.552. The van der Waals surface area contributed by atoms with Gasteiger partial charge in [-0.2, -0.15) is 5.26 Å². The Bertz CT molecular complexity index is 535. The third-order valence-electron chi connectivity index (χ3n) is 2.33. The van der Waals surface area contributed by atoms with E-state index in [2.05, 4.69) is 5.32 Å². The summed E-state index contributed by atoms with van der Waals surface area (Å²) in [5, 5.41) is 11.3. The zero-order valence-corrected chi connectivity index (χ0v) is 12.3. The van der Waals surface area contributed by atoms with Crippen LogP contribution in [0.15, 0.2) is 18.2 Å². The van der Waals surface area contributed by atoms with E-state index in [1.54, 1.807) is 20.8 Å². The van der Waals surface area contributed by atoms with Crippen molar-refractivity contribution >= 4 is 17.7 Å². The molecular formula is C14H16ClFN2O2. The van der Waals surface area contributed by atoms with E-state index in [0.29, 0.717) is 5.56 Å². The fraction of sp³-hybridized carbons (Fsp3) is 0.429. The minimum atomic E-state index is -0.641. The molecule has 0 unspecified atom stereocenters. The second-order valence-corrected chi connectivity index (χ2v) is 5.64. The number of hydrogen-bond acceptors (Lipinski definition) is 3. The highest BCUT2D eigenvalue weighted by atomic mass is 35.5. The molecule has 0 radical (unpaired) electrons. The molecule has 0 aliphatic heterocycles. The van der Waals surface area contributed by atoms with E-state index in [1.807, 2.05) is 6.07 Å². The molecule has 1 aromatic rings. The molecule has 1 aromatic carbocycles. The molecule has 0 aliphatic rings. The third-order valence-corrected chi connectivity index (χ3v) is 2.62. The van der Waals surface area contributed by atoms with Gasteiger partial charge in [0.1, 0.15) is 11.4 Å². The standard InChI is InChI=1S/C14H16ClFN2O2/c1-14(2,3)20-13(19)18-12(6-7-17)9-4-5-11(16)10(15)8-9/h4-5,8,12H,6H2,1-3H3,(H,18,19)/t12-/m1/s1. The van der Waals surface area contributed by atoms with Crippen LogP contribution in [0, 0.1) is 17.1 Å². The Morgan fingerprint density at radius 3 is 2.70 bits per heavy atom. The highest BCUT2D eigenvalue weighted by molar-refractivity contribution is 6.30. The summed E-state index contributed by atoms with van der Waals surface area (Å²) in [6, 6.07) is 5.41. The molecule has 0 aromatic heterocycles. The Hall–Kier alpha value is -1.80. The lowest BCUT2D eigenvalue weighted by molar-refractivity contribution is 0.0504. The Morgan fingerprint density at radius 2 is 2.20 bits per heavy atom. The van der Waals surface area contributed by atoms with E-state index >= 15 is 0 Å². The van der Waals surface area contributed by atoms with Gasteiger partial charge in [-0.1, -0.05) is 17.7 Å². The zero-order valence-electron chi connectivity index (χ0n) is 11.5. The van der Waals surface area contributed by atoms with Crippen LogP contribution in [0.4, 0.5) is 9.18 Å². The first kappa shape index (κ1) is 16.3. The molecule has 108 valence electrons. The first-order chi connectivity index (χ1) is 9.23. The van der Waals surface area contributed by atoms with Gasteiger partial charge in [0.05, 0.1) is 23.6 Å². The molecule has 6 heteroatoms. The average Bonchev–Trinajstić information content (AvgIpc) is 2.30. The van der Waals surface area contributed by atoms with Crippen molar-refractivity contribution in [2.45, 2.75) is 38.8 Å². The third kappa shape index (κ3) is 5.06. The molecule has 4 nitrogen and oxygen atoms in total. The maximum Gasteiger partial charge on any atom is 0.408 e. The number of nitrogens with zero attached hydrogens (tertiary/aromatic N) is 1. The van der Waals surface area contributed by atoms with Crippen molar-refractivity contribution in [2.24, 2.45) is 0 Å². The molecule has 0 spiro atoms. The van der Waals surface area contributed by atoms with Crippen molar-refractivity contribution in [3.8, 4) is 6.07 Å². The lowest BCUT2D eigenvalue weighted by Gasteiger charge is -2.23. The van der Waals surface area contributed by atoms with Gasteiger partial charge in [-0.05, 0) is 38.5 Å². The Labute approximate surface area is 122 Å². The highest BCUT2D eigenvalue weighted by Crippen LogP contribution is 2.23. The van der Waals surface area contributed by atoms with Gasteiger partial charge >= 0.3 is 6.09 Å². The Kier molecular flexibility index (Phi) is 5.34. The van der Waals surface area contributed by atoms with Crippen LogP contribution < -0.4 is 5.32 Å². The molecule has 1 rings (SSSR count).